The Labute approximate surface area is 162 Å². The quantitative estimate of drug-likeness (QED) is 0.500. The van der Waals surface area contributed by atoms with Gasteiger partial charge in [0.1, 0.15) is 5.75 Å². The highest BCUT2D eigenvalue weighted by atomic mass is 16.6. The fraction of sp³-hybridized carbons (Fsp3) is 0.136. The molecule has 6 heteroatoms. The number of nitrogens with one attached hydrogen (secondary N) is 1. The molecule has 0 aliphatic carbocycles. The SMILES string of the molecule is CC(=O)NC(c1cc(Cc2ccccc2)ccc1O)c1ccccc1[N+](=O)[O-]. The van der Waals surface area contributed by atoms with E-state index in [0.717, 1.165) is 11.1 Å². The third-order valence-electron chi connectivity index (χ3n) is 4.45. The number of amides is 1. The van der Waals surface area contributed by atoms with Crippen LogP contribution < -0.4 is 5.32 Å². The van der Waals surface area contributed by atoms with Crippen LogP contribution in [0, 0.1) is 10.1 Å². The number of carbonyl (C=O) groups excluding carboxylic acids is 1. The molecule has 6 nitrogen and oxygen atoms in total. The van der Waals surface area contributed by atoms with Gasteiger partial charge in [-0.3, -0.25) is 14.9 Å². The Bertz CT molecular complexity index is 1000. The smallest absolute Gasteiger partial charge is 0.275 e. The number of carbonyl (C=O) groups is 1. The summed E-state index contributed by atoms with van der Waals surface area (Å²) >= 11 is 0. The van der Waals surface area contributed by atoms with Crippen molar-refractivity contribution in [2.24, 2.45) is 0 Å². The zero-order valence-corrected chi connectivity index (χ0v) is 15.3. The Morgan fingerprint density at radius 3 is 2.36 bits per heavy atom. The number of phenolic OH excluding ortho intramolecular Hbond substituents is 1. The van der Waals surface area contributed by atoms with E-state index in [9.17, 15) is 20.0 Å². The third kappa shape index (κ3) is 4.35. The van der Waals surface area contributed by atoms with Crippen molar-refractivity contribution in [3.63, 3.8) is 0 Å². The van der Waals surface area contributed by atoms with E-state index in [1.165, 1.54) is 13.0 Å². The molecule has 0 saturated heterocycles. The number of nitro groups is 1. The molecule has 0 spiro atoms. The van der Waals surface area contributed by atoms with Crippen LogP contribution in [0.1, 0.15) is 35.2 Å². The summed E-state index contributed by atoms with van der Waals surface area (Å²) in [5.74, 6) is -0.385. The lowest BCUT2D eigenvalue weighted by Gasteiger charge is -2.21. The first-order valence-corrected chi connectivity index (χ1v) is 8.82. The number of phenols is 1. The van der Waals surface area contributed by atoms with Gasteiger partial charge in [0, 0.05) is 18.6 Å². The van der Waals surface area contributed by atoms with E-state index in [4.69, 9.17) is 0 Å². The highest BCUT2D eigenvalue weighted by Crippen LogP contribution is 2.35. The molecule has 0 bridgehead atoms. The minimum Gasteiger partial charge on any atom is -0.508 e. The van der Waals surface area contributed by atoms with E-state index in [2.05, 4.69) is 5.32 Å². The Hall–Kier alpha value is -3.67. The standard InChI is InChI=1S/C22H20N2O4/c1-15(25)23-22(18-9-5-6-10-20(18)24(27)28)19-14-17(11-12-21(19)26)13-16-7-3-2-4-8-16/h2-12,14,22,26H,13H2,1H3,(H,23,25). The molecule has 28 heavy (non-hydrogen) atoms. The van der Waals surface area contributed by atoms with Gasteiger partial charge in [0.15, 0.2) is 0 Å². The van der Waals surface area contributed by atoms with Gasteiger partial charge in [-0.2, -0.15) is 0 Å². The number of rotatable bonds is 6. The van der Waals surface area contributed by atoms with E-state index in [-0.39, 0.29) is 17.3 Å². The van der Waals surface area contributed by atoms with Crippen LogP contribution in [-0.2, 0) is 11.2 Å². The molecule has 3 rings (SSSR count). The first-order valence-electron chi connectivity index (χ1n) is 8.82. The minimum atomic E-state index is -0.838. The molecule has 0 aliphatic heterocycles. The van der Waals surface area contributed by atoms with Crippen molar-refractivity contribution < 1.29 is 14.8 Å². The molecule has 3 aromatic rings. The maximum absolute atomic E-state index is 11.8. The summed E-state index contributed by atoms with van der Waals surface area (Å²) in [5, 5.41) is 24.7. The van der Waals surface area contributed by atoms with Crippen molar-refractivity contribution >= 4 is 11.6 Å². The molecule has 0 saturated carbocycles. The zero-order chi connectivity index (χ0) is 20.1. The monoisotopic (exact) mass is 376 g/mol. The fourth-order valence-corrected chi connectivity index (χ4v) is 3.20. The van der Waals surface area contributed by atoms with E-state index in [1.807, 2.05) is 30.3 Å². The van der Waals surface area contributed by atoms with Crippen LogP contribution in [0.25, 0.3) is 0 Å². The molecule has 1 amide bonds. The van der Waals surface area contributed by atoms with Crippen LogP contribution in [0.5, 0.6) is 5.75 Å². The molecule has 0 aromatic heterocycles. The second-order valence-corrected chi connectivity index (χ2v) is 6.51. The topological polar surface area (TPSA) is 92.5 Å². The van der Waals surface area contributed by atoms with Gasteiger partial charge in [0.2, 0.25) is 5.91 Å². The zero-order valence-electron chi connectivity index (χ0n) is 15.3. The van der Waals surface area contributed by atoms with Crippen LogP contribution in [0.3, 0.4) is 0 Å². The van der Waals surface area contributed by atoms with Crippen LogP contribution in [0.2, 0.25) is 0 Å². The molecule has 0 radical (unpaired) electrons. The second-order valence-electron chi connectivity index (χ2n) is 6.51. The van der Waals surface area contributed by atoms with Crippen LogP contribution in [0.15, 0.2) is 72.8 Å². The Morgan fingerprint density at radius 1 is 1.00 bits per heavy atom. The summed E-state index contributed by atoms with van der Waals surface area (Å²) in [6.07, 6.45) is 0.637. The molecule has 0 fully saturated rings. The second kappa shape index (κ2) is 8.35. The fourth-order valence-electron chi connectivity index (χ4n) is 3.20. The van der Waals surface area contributed by atoms with Gasteiger partial charge in [-0.1, -0.05) is 48.5 Å². The normalized spacial score (nSPS) is 11.6. The van der Waals surface area contributed by atoms with E-state index in [0.29, 0.717) is 17.5 Å². The van der Waals surface area contributed by atoms with Crippen molar-refractivity contribution in [3.8, 4) is 5.75 Å². The van der Waals surface area contributed by atoms with Crippen molar-refractivity contribution in [1.82, 2.24) is 5.32 Å². The Kier molecular flexibility index (Phi) is 5.69. The summed E-state index contributed by atoms with van der Waals surface area (Å²) < 4.78 is 0. The van der Waals surface area contributed by atoms with Gasteiger partial charge in [0.25, 0.3) is 5.69 Å². The predicted molar refractivity (Wildman–Crippen MR) is 106 cm³/mol. The number of nitrogens with zero attached hydrogens (tertiary/aromatic N) is 1. The van der Waals surface area contributed by atoms with Crippen molar-refractivity contribution in [3.05, 3.63) is 105 Å². The molecule has 142 valence electrons. The lowest BCUT2D eigenvalue weighted by molar-refractivity contribution is -0.385. The molecule has 2 N–H and O–H groups in total. The van der Waals surface area contributed by atoms with Crippen molar-refractivity contribution in [1.29, 1.82) is 0 Å². The molecular weight excluding hydrogens is 356 g/mol. The lowest BCUT2D eigenvalue weighted by Crippen LogP contribution is -2.27. The average Bonchev–Trinajstić information content (AvgIpc) is 2.68. The number of hydrogen-bond acceptors (Lipinski definition) is 4. The molecule has 1 unspecified atom stereocenters. The molecule has 0 aliphatic rings. The number of para-hydroxylation sites is 1. The summed E-state index contributed by atoms with van der Waals surface area (Å²) in [6, 6.07) is 20.3. The summed E-state index contributed by atoms with van der Waals surface area (Å²) in [7, 11) is 0. The molecule has 0 heterocycles. The number of benzene rings is 3. The number of hydrogen-bond donors (Lipinski definition) is 2. The largest absolute Gasteiger partial charge is 0.508 e. The minimum absolute atomic E-state index is 0.0336. The van der Waals surface area contributed by atoms with Gasteiger partial charge in [-0.05, 0) is 35.7 Å². The first kappa shape index (κ1) is 19.1. The lowest BCUT2D eigenvalue weighted by atomic mass is 9.93. The van der Waals surface area contributed by atoms with Gasteiger partial charge in [-0.25, -0.2) is 0 Å². The van der Waals surface area contributed by atoms with E-state index < -0.39 is 11.0 Å². The summed E-state index contributed by atoms with van der Waals surface area (Å²) in [5.41, 5.74) is 2.63. The van der Waals surface area contributed by atoms with Gasteiger partial charge >= 0.3 is 0 Å². The number of aromatic hydroxyl groups is 1. The molecular formula is C22H20N2O4. The maximum atomic E-state index is 11.8. The Balaban J connectivity index is 2.07. The van der Waals surface area contributed by atoms with Crippen LogP contribution in [-0.4, -0.2) is 15.9 Å². The predicted octanol–water partition coefficient (Wildman–Crippen LogP) is 4.12. The van der Waals surface area contributed by atoms with E-state index >= 15 is 0 Å². The first-order chi connectivity index (χ1) is 13.5. The summed E-state index contributed by atoms with van der Waals surface area (Å²) in [6.45, 7) is 1.34. The van der Waals surface area contributed by atoms with Crippen LogP contribution >= 0.6 is 0 Å². The molecule has 3 aromatic carbocycles. The summed E-state index contributed by atoms with van der Waals surface area (Å²) in [4.78, 5) is 22.8. The van der Waals surface area contributed by atoms with Gasteiger partial charge in [0.05, 0.1) is 16.5 Å². The highest BCUT2D eigenvalue weighted by molar-refractivity contribution is 5.74. The van der Waals surface area contributed by atoms with Crippen molar-refractivity contribution in [2.75, 3.05) is 0 Å². The van der Waals surface area contributed by atoms with Crippen LogP contribution in [0.4, 0.5) is 5.69 Å². The molecule has 1 atom stereocenters. The van der Waals surface area contributed by atoms with Gasteiger partial charge < -0.3 is 10.4 Å². The average molecular weight is 376 g/mol. The third-order valence-corrected chi connectivity index (χ3v) is 4.45. The van der Waals surface area contributed by atoms with E-state index in [1.54, 1.807) is 36.4 Å². The Morgan fingerprint density at radius 2 is 1.68 bits per heavy atom. The highest BCUT2D eigenvalue weighted by Gasteiger charge is 2.26. The maximum Gasteiger partial charge on any atom is 0.275 e. The van der Waals surface area contributed by atoms with Crippen molar-refractivity contribution in [2.45, 2.75) is 19.4 Å². The van der Waals surface area contributed by atoms with Gasteiger partial charge in [-0.15, -0.1) is 0 Å². The number of nitro benzene ring substituents is 1.